The summed E-state index contributed by atoms with van der Waals surface area (Å²) in [5.41, 5.74) is 0.867. The van der Waals surface area contributed by atoms with Gasteiger partial charge in [-0.3, -0.25) is 9.69 Å². The quantitative estimate of drug-likeness (QED) is 0.438. The van der Waals surface area contributed by atoms with Crippen molar-refractivity contribution < 1.29 is 17.9 Å². The molecule has 0 N–H and O–H groups in total. The number of sulfonamides is 1. The Morgan fingerprint density at radius 3 is 2.45 bits per heavy atom. The summed E-state index contributed by atoms with van der Waals surface area (Å²) < 4.78 is 37.0. The zero-order chi connectivity index (χ0) is 28.0. The molecular formula is C30H39N5O4S. The maximum Gasteiger partial charge on any atom is 0.243 e. The highest BCUT2D eigenvalue weighted by Crippen LogP contribution is 2.37. The van der Waals surface area contributed by atoms with E-state index in [1.165, 1.54) is 4.31 Å². The van der Waals surface area contributed by atoms with Gasteiger partial charge < -0.3 is 19.1 Å². The molecule has 0 spiro atoms. The van der Waals surface area contributed by atoms with Gasteiger partial charge in [0.05, 0.1) is 18.0 Å². The summed E-state index contributed by atoms with van der Waals surface area (Å²) in [6.45, 7) is 5.23. The number of hydrogen-bond donors (Lipinski definition) is 0. The molecule has 3 heterocycles. The molecule has 2 aromatic carbocycles. The minimum Gasteiger partial charge on any atom is -0.497 e. The van der Waals surface area contributed by atoms with Crippen LogP contribution in [0.1, 0.15) is 31.0 Å². The first kappa shape index (κ1) is 27.3. The van der Waals surface area contributed by atoms with E-state index < -0.39 is 16.1 Å². The zero-order valence-corrected chi connectivity index (χ0v) is 24.4. The summed E-state index contributed by atoms with van der Waals surface area (Å²) in [4.78, 5) is 20.6. The minimum atomic E-state index is -3.84. The fourth-order valence-corrected chi connectivity index (χ4v) is 8.06. The number of hydrogen-bond acceptors (Lipinski definition) is 6. The molecule has 1 saturated carbocycles. The first-order valence-corrected chi connectivity index (χ1v) is 15.6. The SMILES string of the molecule is COc1ccc2cc(S(=O)(=O)N3CCn4cccc4C3CC(=O)N(C)C3CC(N4CCN(C)CC4)C3)ccc2c1. The number of carbonyl (C=O) groups is 1. The van der Waals surface area contributed by atoms with Crippen molar-refractivity contribution in [2.75, 3.05) is 53.9 Å². The van der Waals surface area contributed by atoms with Gasteiger partial charge in [0.2, 0.25) is 15.9 Å². The maximum atomic E-state index is 14.0. The minimum absolute atomic E-state index is 0.00714. The van der Waals surface area contributed by atoms with E-state index >= 15 is 0 Å². The van der Waals surface area contributed by atoms with Crippen LogP contribution >= 0.6 is 0 Å². The molecule has 40 heavy (non-hydrogen) atoms. The highest BCUT2D eigenvalue weighted by Gasteiger charge is 2.41. The molecule has 2 fully saturated rings. The van der Waals surface area contributed by atoms with Crippen molar-refractivity contribution in [2.24, 2.45) is 0 Å². The van der Waals surface area contributed by atoms with Crippen molar-refractivity contribution in [3.63, 3.8) is 0 Å². The van der Waals surface area contributed by atoms with Gasteiger partial charge in [-0.2, -0.15) is 4.31 Å². The monoisotopic (exact) mass is 565 g/mol. The van der Waals surface area contributed by atoms with Crippen LogP contribution in [-0.4, -0.2) is 104 Å². The van der Waals surface area contributed by atoms with E-state index in [2.05, 4.69) is 21.4 Å². The van der Waals surface area contributed by atoms with E-state index in [0.29, 0.717) is 19.1 Å². The first-order valence-electron chi connectivity index (χ1n) is 14.2. The van der Waals surface area contributed by atoms with E-state index in [9.17, 15) is 13.2 Å². The van der Waals surface area contributed by atoms with Crippen LogP contribution in [0.2, 0.25) is 0 Å². The summed E-state index contributed by atoms with van der Waals surface area (Å²) in [5, 5.41) is 1.74. The van der Waals surface area contributed by atoms with Gasteiger partial charge in [0, 0.05) is 76.7 Å². The second-order valence-electron chi connectivity index (χ2n) is 11.5. The molecule has 6 rings (SSSR count). The number of carbonyl (C=O) groups excluding carboxylic acids is 1. The first-order chi connectivity index (χ1) is 19.2. The molecule has 1 atom stereocenters. The lowest BCUT2D eigenvalue weighted by atomic mass is 9.84. The van der Waals surface area contributed by atoms with Crippen LogP contribution in [0, 0.1) is 0 Å². The molecule has 0 bridgehead atoms. The van der Waals surface area contributed by atoms with E-state index in [1.807, 2.05) is 54.5 Å². The van der Waals surface area contributed by atoms with Crippen molar-refractivity contribution in [1.82, 2.24) is 23.6 Å². The average molecular weight is 566 g/mol. The normalized spacial score (nSPS) is 24.4. The van der Waals surface area contributed by atoms with Gasteiger partial charge in [-0.05, 0) is 67.1 Å². The highest BCUT2D eigenvalue weighted by molar-refractivity contribution is 7.89. The van der Waals surface area contributed by atoms with Gasteiger partial charge in [0.15, 0.2) is 0 Å². The number of rotatable bonds is 7. The molecule has 10 heteroatoms. The third kappa shape index (κ3) is 5.02. The van der Waals surface area contributed by atoms with Gasteiger partial charge in [-0.15, -0.1) is 0 Å². The molecule has 3 aliphatic rings. The molecule has 0 radical (unpaired) electrons. The average Bonchev–Trinajstić information content (AvgIpc) is 3.42. The number of benzene rings is 2. The molecular weight excluding hydrogens is 526 g/mol. The smallest absolute Gasteiger partial charge is 0.243 e. The molecule has 1 aromatic heterocycles. The zero-order valence-electron chi connectivity index (χ0n) is 23.6. The number of fused-ring (bicyclic) bond motifs is 2. The highest BCUT2D eigenvalue weighted by atomic mass is 32.2. The number of aromatic nitrogens is 1. The van der Waals surface area contributed by atoms with Crippen LogP contribution in [0.15, 0.2) is 59.6 Å². The maximum absolute atomic E-state index is 14.0. The van der Waals surface area contributed by atoms with Crippen LogP contribution in [0.3, 0.4) is 0 Å². The fraction of sp³-hybridized carbons (Fsp3) is 0.500. The Kier molecular flexibility index (Phi) is 7.37. The molecule has 1 saturated heterocycles. The second kappa shape index (κ2) is 10.8. The summed E-state index contributed by atoms with van der Waals surface area (Å²) in [6, 6.07) is 14.9. The third-order valence-electron chi connectivity index (χ3n) is 9.19. The Morgan fingerprint density at radius 1 is 0.975 bits per heavy atom. The largest absolute Gasteiger partial charge is 0.497 e. The van der Waals surface area contributed by atoms with Crippen molar-refractivity contribution in [1.29, 1.82) is 0 Å². The van der Waals surface area contributed by atoms with Gasteiger partial charge in [-0.1, -0.05) is 12.1 Å². The topological polar surface area (TPSA) is 78.3 Å². The molecule has 2 aliphatic heterocycles. The van der Waals surface area contributed by atoms with Crippen molar-refractivity contribution in [3.05, 3.63) is 60.4 Å². The van der Waals surface area contributed by atoms with Crippen LogP contribution < -0.4 is 4.74 Å². The molecule has 1 amide bonds. The van der Waals surface area contributed by atoms with Crippen LogP contribution in [0.5, 0.6) is 5.75 Å². The van der Waals surface area contributed by atoms with E-state index in [4.69, 9.17) is 4.74 Å². The van der Waals surface area contributed by atoms with Crippen LogP contribution in [0.25, 0.3) is 10.8 Å². The van der Waals surface area contributed by atoms with Gasteiger partial charge in [0.1, 0.15) is 5.75 Å². The molecule has 1 unspecified atom stereocenters. The molecule has 9 nitrogen and oxygen atoms in total. The van der Waals surface area contributed by atoms with Crippen LogP contribution in [0.4, 0.5) is 0 Å². The Morgan fingerprint density at radius 2 is 1.70 bits per heavy atom. The predicted octanol–water partition coefficient (Wildman–Crippen LogP) is 3.02. The van der Waals surface area contributed by atoms with E-state index in [1.54, 1.807) is 19.2 Å². The summed E-state index contributed by atoms with van der Waals surface area (Å²) in [6.07, 6.45) is 4.06. The summed E-state index contributed by atoms with van der Waals surface area (Å²) >= 11 is 0. The molecule has 1 aliphatic carbocycles. The fourth-order valence-electron chi connectivity index (χ4n) is 6.44. The number of piperazine rings is 1. The van der Waals surface area contributed by atoms with Crippen LogP contribution in [-0.2, 0) is 21.4 Å². The standard InChI is InChI=1S/C30H39N5O4S/c1-31-11-13-33(14-12-31)25-19-24(20-25)32(2)30(36)21-29-28-5-4-10-34(28)15-16-35(29)40(37,38)27-9-7-22-17-26(39-3)8-6-23(22)18-27/h4-10,17-18,24-25,29H,11-16,19-21H2,1-3H3. The lowest BCUT2D eigenvalue weighted by molar-refractivity contribution is -0.136. The second-order valence-corrected chi connectivity index (χ2v) is 13.4. The Labute approximate surface area is 236 Å². The summed E-state index contributed by atoms with van der Waals surface area (Å²) in [7, 11) is 1.81. The lowest BCUT2D eigenvalue weighted by Crippen LogP contribution is -2.58. The Bertz CT molecular complexity index is 1490. The van der Waals surface area contributed by atoms with Gasteiger partial charge in [0.25, 0.3) is 0 Å². The number of amides is 1. The van der Waals surface area contributed by atoms with E-state index in [-0.39, 0.29) is 23.3 Å². The number of likely N-dealkylation sites (N-methyl/N-ethyl adjacent to an activating group) is 1. The Hall–Kier alpha value is -2.92. The van der Waals surface area contributed by atoms with Gasteiger partial charge >= 0.3 is 0 Å². The lowest BCUT2D eigenvalue weighted by Gasteiger charge is -2.48. The molecule has 214 valence electrons. The van der Waals surface area contributed by atoms with E-state index in [0.717, 1.165) is 61.2 Å². The number of methoxy groups -OCH3 is 1. The summed E-state index contributed by atoms with van der Waals surface area (Å²) in [5.74, 6) is 0.719. The predicted molar refractivity (Wildman–Crippen MR) is 155 cm³/mol. The number of nitrogens with zero attached hydrogens (tertiary/aromatic N) is 5. The van der Waals surface area contributed by atoms with Gasteiger partial charge in [-0.25, -0.2) is 8.42 Å². The van der Waals surface area contributed by atoms with Crippen molar-refractivity contribution in [2.45, 2.75) is 48.8 Å². The molecule has 3 aromatic rings. The Balaban J connectivity index is 1.19. The van der Waals surface area contributed by atoms with Crippen molar-refractivity contribution >= 4 is 26.7 Å². The third-order valence-corrected chi connectivity index (χ3v) is 11.1. The number of ether oxygens (including phenoxy) is 1. The van der Waals surface area contributed by atoms with Crippen molar-refractivity contribution in [3.8, 4) is 5.75 Å².